The van der Waals surface area contributed by atoms with E-state index in [1.807, 2.05) is 23.5 Å². The fourth-order valence-corrected chi connectivity index (χ4v) is 4.10. The number of aryl methyl sites for hydroxylation is 1. The number of fused-ring (bicyclic) bond motifs is 1. The van der Waals surface area contributed by atoms with Crippen LogP contribution >= 0.6 is 34.5 Å². The van der Waals surface area contributed by atoms with Gasteiger partial charge in [0.2, 0.25) is 0 Å². The van der Waals surface area contributed by atoms with Crippen LogP contribution in [-0.4, -0.2) is 9.55 Å². The van der Waals surface area contributed by atoms with Crippen LogP contribution in [0.3, 0.4) is 0 Å². The van der Waals surface area contributed by atoms with Crippen molar-refractivity contribution in [2.24, 2.45) is 0 Å². The SMILES string of the molecule is Cc1ccc(CC(C)n2c(CCl)nc3c(Cl)cccc32)s1. The normalized spacial score (nSPS) is 13.0. The highest BCUT2D eigenvalue weighted by molar-refractivity contribution is 7.11. The summed E-state index contributed by atoms with van der Waals surface area (Å²) in [6, 6.07) is 10.5. The summed E-state index contributed by atoms with van der Waals surface area (Å²) in [5.74, 6) is 1.26. The third-order valence-electron chi connectivity index (χ3n) is 3.60. The van der Waals surface area contributed by atoms with Crippen molar-refractivity contribution >= 4 is 45.6 Å². The van der Waals surface area contributed by atoms with Gasteiger partial charge in [0.1, 0.15) is 11.3 Å². The number of thiophene rings is 1. The Kier molecular flexibility index (Phi) is 4.25. The molecule has 2 heterocycles. The Morgan fingerprint density at radius 1 is 1.29 bits per heavy atom. The van der Waals surface area contributed by atoms with E-state index in [1.54, 1.807) is 0 Å². The second-order valence-electron chi connectivity index (χ2n) is 5.20. The van der Waals surface area contributed by atoms with Gasteiger partial charge in [-0.3, -0.25) is 0 Å². The van der Waals surface area contributed by atoms with Crippen LogP contribution in [0.4, 0.5) is 0 Å². The number of para-hydroxylation sites is 1. The first kappa shape index (κ1) is 14.9. The van der Waals surface area contributed by atoms with E-state index in [2.05, 4.69) is 41.6 Å². The number of hydrogen-bond donors (Lipinski definition) is 0. The lowest BCUT2D eigenvalue weighted by molar-refractivity contribution is 0.547. The molecule has 0 aliphatic heterocycles. The lowest BCUT2D eigenvalue weighted by Gasteiger charge is -2.16. The summed E-state index contributed by atoms with van der Waals surface area (Å²) in [6.45, 7) is 4.34. The summed E-state index contributed by atoms with van der Waals surface area (Å²) in [7, 11) is 0. The van der Waals surface area contributed by atoms with Crippen molar-refractivity contribution in [3.05, 3.63) is 50.9 Å². The number of halogens is 2. The Hall–Kier alpha value is -1.03. The van der Waals surface area contributed by atoms with Crippen molar-refractivity contribution in [3.8, 4) is 0 Å². The maximum Gasteiger partial charge on any atom is 0.125 e. The number of hydrogen-bond acceptors (Lipinski definition) is 2. The van der Waals surface area contributed by atoms with E-state index in [-0.39, 0.29) is 0 Å². The molecule has 0 N–H and O–H groups in total. The van der Waals surface area contributed by atoms with Crippen molar-refractivity contribution in [1.29, 1.82) is 0 Å². The zero-order valence-corrected chi connectivity index (χ0v) is 14.3. The van der Waals surface area contributed by atoms with Gasteiger partial charge in [-0.15, -0.1) is 22.9 Å². The highest BCUT2D eigenvalue weighted by Crippen LogP contribution is 2.30. The minimum absolute atomic E-state index is 0.292. The van der Waals surface area contributed by atoms with E-state index in [0.29, 0.717) is 16.9 Å². The molecule has 0 saturated carbocycles. The molecule has 2 nitrogen and oxygen atoms in total. The number of alkyl halides is 1. The Morgan fingerprint density at radius 2 is 2.10 bits per heavy atom. The predicted molar refractivity (Wildman–Crippen MR) is 91.8 cm³/mol. The van der Waals surface area contributed by atoms with Crippen molar-refractivity contribution in [2.45, 2.75) is 32.2 Å². The number of imidazole rings is 1. The zero-order chi connectivity index (χ0) is 15.0. The molecule has 0 amide bonds. The standard InChI is InChI=1S/C16H16Cl2N2S/c1-10(8-12-7-6-11(2)21-12)20-14-5-3-4-13(18)16(14)19-15(20)9-17/h3-7,10H,8-9H2,1-2H3. The maximum atomic E-state index is 6.25. The molecule has 3 rings (SSSR count). The monoisotopic (exact) mass is 338 g/mol. The van der Waals surface area contributed by atoms with Crippen molar-refractivity contribution < 1.29 is 0 Å². The Morgan fingerprint density at radius 3 is 2.76 bits per heavy atom. The number of nitrogens with zero attached hydrogens (tertiary/aromatic N) is 2. The zero-order valence-electron chi connectivity index (χ0n) is 11.9. The van der Waals surface area contributed by atoms with Gasteiger partial charge in [-0.2, -0.15) is 0 Å². The molecule has 2 aromatic heterocycles. The molecule has 0 aliphatic carbocycles. The Balaban J connectivity index is 2.03. The summed E-state index contributed by atoms with van der Waals surface area (Å²) in [4.78, 5) is 7.32. The van der Waals surface area contributed by atoms with Crippen molar-refractivity contribution in [1.82, 2.24) is 9.55 Å². The molecule has 1 aromatic carbocycles. The minimum atomic E-state index is 0.292. The molecule has 0 radical (unpaired) electrons. The van der Waals surface area contributed by atoms with Gasteiger partial charge in [-0.1, -0.05) is 17.7 Å². The van der Waals surface area contributed by atoms with E-state index in [9.17, 15) is 0 Å². The number of rotatable bonds is 4. The highest BCUT2D eigenvalue weighted by atomic mass is 35.5. The fraction of sp³-hybridized carbons (Fsp3) is 0.312. The summed E-state index contributed by atoms with van der Waals surface area (Å²) >= 11 is 14.2. The summed E-state index contributed by atoms with van der Waals surface area (Å²) in [5.41, 5.74) is 1.89. The predicted octanol–water partition coefficient (Wildman–Crippen LogP) is 5.60. The topological polar surface area (TPSA) is 17.8 Å². The lowest BCUT2D eigenvalue weighted by atomic mass is 10.2. The summed E-state index contributed by atoms with van der Waals surface area (Å²) in [5, 5.41) is 0.678. The van der Waals surface area contributed by atoms with Gasteiger partial charge in [0.25, 0.3) is 0 Å². The molecule has 3 aromatic rings. The van der Waals surface area contributed by atoms with Gasteiger partial charge in [0.05, 0.1) is 16.4 Å². The smallest absolute Gasteiger partial charge is 0.125 e. The molecule has 1 atom stereocenters. The molecular weight excluding hydrogens is 323 g/mol. The first-order valence-electron chi connectivity index (χ1n) is 6.86. The Labute approximate surface area is 138 Å². The molecule has 1 unspecified atom stereocenters. The van der Waals surface area contributed by atoms with Crippen LogP contribution in [0.25, 0.3) is 11.0 Å². The molecule has 0 bridgehead atoms. The first-order chi connectivity index (χ1) is 10.1. The lowest BCUT2D eigenvalue weighted by Crippen LogP contribution is -2.10. The highest BCUT2D eigenvalue weighted by Gasteiger charge is 2.17. The second-order valence-corrected chi connectivity index (χ2v) is 7.25. The molecule has 110 valence electrons. The Bertz CT molecular complexity index is 776. The fourth-order valence-electron chi connectivity index (χ4n) is 2.69. The largest absolute Gasteiger partial charge is 0.324 e. The molecule has 21 heavy (non-hydrogen) atoms. The van der Waals surface area contributed by atoms with Crippen LogP contribution in [0, 0.1) is 6.92 Å². The first-order valence-corrected chi connectivity index (χ1v) is 8.59. The van der Waals surface area contributed by atoms with Gasteiger partial charge in [0, 0.05) is 22.2 Å². The van der Waals surface area contributed by atoms with E-state index in [4.69, 9.17) is 23.2 Å². The van der Waals surface area contributed by atoms with Gasteiger partial charge in [-0.25, -0.2) is 4.98 Å². The molecule has 0 saturated heterocycles. The summed E-state index contributed by atoms with van der Waals surface area (Å²) < 4.78 is 2.21. The molecule has 0 spiro atoms. The van der Waals surface area contributed by atoms with Crippen LogP contribution in [-0.2, 0) is 12.3 Å². The van der Waals surface area contributed by atoms with Crippen LogP contribution in [0.15, 0.2) is 30.3 Å². The average molecular weight is 339 g/mol. The second kappa shape index (κ2) is 5.99. The number of benzene rings is 1. The van der Waals surface area contributed by atoms with Gasteiger partial charge in [-0.05, 0) is 38.1 Å². The van der Waals surface area contributed by atoms with Crippen molar-refractivity contribution in [3.63, 3.8) is 0 Å². The average Bonchev–Trinajstić information content (AvgIpc) is 3.03. The minimum Gasteiger partial charge on any atom is -0.324 e. The number of aromatic nitrogens is 2. The van der Waals surface area contributed by atoms with Gasteiger partial charge in [0.15, 0.2) is 0 Å². The van der Waals surface area contributed by atoms with Crippen LogP contribution in [0.2, 0.25) is 5.02 Å². The third kappa shape index (κ3) is 2.83. The van der Waals surface area contributed by atoms with Gasteiger partial charge >= 0.3 is 0 Å². The van der Waals surface area contributed by atoms with Crippen LogP contribution in [0.1, 0.15) is 28.5 Å². The van der Waals surface area contributed by atoms with E-state index in [0.717, 1.165) is 23.3 Å². The van der Waals surface area contributed by atoms with Gasteiger partial charge < -0.3 is 4.57 Å². The van der Waals surface area contributed by atoms with E-state index >= 15 is 0 Å². The van der Waals surface area contributed by atoms with E-state index < -0.39 is 0 Å². The molecule has 0 aliphatic rings. The summed E-state index contributed by atoms with van der Waals surface area (Å²) in [6.07, 6.45) is 0.973. The molecular formula is C16H16Cl2N2S. The molecule has 0 fully saturated rings. The van der Waals surface area contributed by atoms with Crippen molar-refractivity contribution in [2.75, 3.05) is 0 Å². The van der Waals surface area contributed by atoms with E-state index in [1.165, 1.54) is 9.75 Å². The van der Waals surface area contributed by atoms with Crippen LogP contribution < -0.4 is 0 Å². The molecule has 5 heteroatoms. The maximum absolute atomic E-state index is 6.25. The quantitative estimate of drug-likeness (QED) is 0.566. The van der Waals surface area contributed by atoms with Crippen LogP contribution in [0.5, 0.6) is 0 Å². The third-order valence-corrected chi connectivity index (χ3v) is 5.16.